The number of benzene rings is 2. The first-order valence-electron chi connectivity index (χ1n) is 13.7. The monoisotopic (exact) mass is 565 g/mol. The summed E-state index contributed by atoms with van der Waals surface area (Å²) in [6, 6.07) is 18.2. The number of carbonyl (C=O) groups excluding carboxylic acids is 2. The highest BCUT2D eigenvalue weighted by molar-refractivity contribution is 5.95. The lowest BCUT2D eigenvalue weighted by molar-refractivity contribution is -0.141. The summed E-state index contributed by atoms with van der Waals surface area (Å²) in [5, 5.41) is 10.2. The molecular formula is C30H30F3N5O3. The van der Waals surface area contributed by atoms with Gasteiger partial charge in [0, 0.05) is 37.4 Å². The van der Waals surface area contributed by atoms with E-state index in [9.17, 15) is 22.8 Å². The van der Waals surface area contributed by atoms with Crippen LogP contribution in [0.1, 0.15) is 77.8 Å². The van der Waals surface area contributed by atoms with Crippen LogP contribution >= 0.6 is 0 Å². The first-order chi connectivity index (χ1) is 19.8. The Bertz CT molecular complexity index is 1460. The summed E-state index contributed by atoms with van der Waals surface area (Å²) in [5.74, 6) is 0.503. The van der Waals surface area contributed by atoms with E-state index >= 15 is 0 Å². The summed E-state index contributed by atoms with van der Waals surface area (Å²) < 4.78 is 47.2. The molecule has 2 aromatic carbocycles. The largest absolute Gasteiger partial charge is 0.435 e. The van der Waals surface area contributed by atoms with Gasteiger partial charge in [0.15, 0.2) is 11.5 Å². The second-order valence-electron chi connectivity index (χ2n) is 10.3. The first-order valence-corrected chi connectivity index (χ1v) is 13.7. The fourth-order valence-electron chi connectivity index (χ4n) is 5.17. The van der Waals surface area contributed by atoms with E-state index in [2.05, 4.69) is 20.6 Å². The number of para-hydroxylation sites is 1. The van der Waals surface area contributed by atoms with E-state index in [0.29, 0.717) is 43.1 Å². The summed E-state index contributed by atoms with van der Waals surface area (Å²) in [7, 11) is 0. The topological polar surface area (TPSA) is 103 Å². The number of aromatic nitrogens is 4. The van der Waals surface area contributed by atoms with E-state index in [1.807, 2.05) is 30.3 Å². The molecule has 0 unspecified atom stereocenters. The van der Waals surface area contributed by atoms with Gasteiger partial charge in [-0.1, -0.05) is 53.7 Å². The number of Topliss-reactive ketones (excluding diaryl/α,β-unsaturated/α-hetero) is 1. The van der Waals surface area contributed by atoms with Crippen molar-refractivity contribution in [2.75, 3.05) is 6.54 Å². The number of ketones is 1. The molecule has 11 heteroatoms. The Morgan fingerprint density at radius 1 is 0.976 bits per heavy atom. The van der Waals surface area contributed by atoms with Gasteiger partial charge in [-0.2, -0.15) is 23.3 Å². The van der Waals surface area contributed by atoms with E-state index in [1.54, 1.807) is 30.3 Å². The number of rotatable bonds is 10. The van der Waals surface area contributed by atoms with Gasteiger partial charge in [-0.05, 0) is 49.8 Å². The summed E-state index contributed by atoms with van der Waals surface area (Å²) in [4.78, 5) is 30.0. The first kappa shape index (κ1) is 28.3. The minimum absolute atomic E-state index is 0.0832. The van der Waals surface area contributed by atoms with Crippen LogP contribution in [0.4, 0.5) is 13.2 Å². The van der Waals surface area contributed by atoms with Crippen LogP contribution in [0.25, 0.3) is 5.69 Å². The summed E-state index contributed by atoms with van der Waals surface area (Å²) in [5.41, 5.74) is -0.295. The lowest BCUT2D eigenvalue weighted by Gasteiger charge is -2.25. The van der Waals surface area contributed by atoms with Gasteiger partial charge in [0.1, 0.15) is 5.78 Å². The third-order valence-corrected chi connectivity index (χ3v) is 7.35. The van der Waals surface area contributed by atoms with E-state index < -0.39 is 23.3 Å². The Morgan fingerprint density at radius 3 is 2.34 bits per heavy atom. The lowest BCUT2D eigenvalue weighted by Crippen LogP contribution is -2.27. The molecule has 0 bridgehead atoms. The van der Waals surface area contributed by atoms with Gasteiger partial charge < -0.3 is 9.84 Å². The Balaban J connectivity index is 1.07. The van der Waals surface area contributed by atoms with Crippen LogP contribution < -0.4 is 5.32 Å². The van der Waals surface area contributed by atoms with Crippen LogP contribution in [0.2, 0.25) is 0 Å². The van der Waals surface area contributed by atoms with Gasteiger partial charge in [0.05, 0.1) is 11.3 Å². The highest BCUT2D eigenvalue weighted by atomic mass is 19.4. The molecule has 1 aliphatic rings. The molecule has 0 radical (unpaired) electrons. The maximum atomic E-state index is 13.5. The summed E-state index contributed by atoms with van der Waals surface area (Å²) >= 11 is 0. The SMILES string of the molecule is O=C(NCCCC(=O)C1CCC(c2nc(Cc3ccccc3)no2)CC1)c1cn(-c2ccccc2)nc1C(F)(F)F. The number of hydrogen-bond acceptors (Lipinski definition) is 6. The second kappa shape index (κ2) is 12.5. The minimum atomic E-state index is -4.79. The summed E-state index contributed by atoms with van der Waals surface area (Å²) in [6.07, 6.45) is 0.425. The zero-order chi connectivity index (χ0) is 28.8. The van der Waals surface area contributed by atoms with Crippen molar-refractivity contribution in [1.82, 2.24) is 25.2 Å². The molecule has 0 atom stereocenters. The zero-order valence-corrected chi connectivity index (χ0v) is 22.3. The number of halogens is 3. The predicted molar refractivity (Wildman–Crippen MR) is 143 cm³/mol. The second-order valence-corrected chi connectivity index (χ2v) is 10.3. The molecule has 1 N–H and O–H groups in total. The highest BCUT2D eigenvalue weighted by Gasteiger charge is 2.39. The van der Waals surface area contributed by atoms with Crippen LogP contribution in [0.15, 0.2) is 71.4 Å². The molecule has 5 rings (SSSR count). The van der Waals surface area contributed by atoms with Crippen LogP contribution in [0.3, 0.4) is 0 Å². The van der Waals surface area contributed by atoms with Gasteiger partial charge in [-0.3, -0.25) is 9.59 Å². The van der Waals surface area contributed by atoms with E-state index in [1.165, 1.54) is 0 Å². The number of alkyl halides is 3. The van der Waals surface area contributed by atoms with Gasteiger partial charge in [-0.25, -0.2) is 4.68 Å². The zero-order valence-electron chi connectivity index (χ0n) is 22.3. The van der Waals surface area contributed by atoms with Crippen LogP contribution in [0.5, 0.6) is 0 Å². The standard InChI is InChI=1S/C30H30F3N5O3/c31-30(32,33)27-24(19-38(36-27)23-10-5-2-6-11-23)28(40)34-17-7-12-25(39)21-13-15-22(16-14-21)29-35-26(37-41-29)18-20-8-3-1-4-9-20/h1-6,8-11,19,21-22H,7,12-18H2,(H,34,40). The van der Waals surface area contributed by atoms with Gasteiger partial charge in [0.2, 0.25) is 5.89 Å². The molecule has 4 aromatic rings. The number of hydrogen-bond donors (Lipinski definition) is 1. The molecule has 1 amide bonds. The smallest absolute Gasteiger partial charge is 0.352 e. The molecule has 0 saturated heterocycles. The molecule has 0 aliphatic heterocycles. The molecule has 8 nitrogen and oxygen atoms in total. The van der Waals surface area contributed by atoms with Crippen LogP contribution in [-0.2, 0) is 17.4 Å². The Kier molecular flexibility index (Phi) is 8.61. The van der Waals surface area contributed by atoms with Crippen molar-refractivity contribution < 1.29 is 27.3 Å². The van der Waals surface area contributed by atoms with Crippen molar-refractivity contribution in [3.05, 3.63) is 95.4 Å². The van der Waals surface area contributed by atoms with Gasteiger partial charge in [-0.15, -0.1) is 0 Å². The van der Waals surface area contributed by atoms with Gasteiger partial charge >= 0.3 is 6.18 Å². The Labute approximate surface area is 235 Å². The molecule has 1 fully saturated rings. The van der Waals surface area contributed by atoms with Crippen molar-refractivity contribution in [3.8, 4) is 5.69 Å². The van der Waals surface area contributed by atoms with E-state index in [0.717, 1.165) is 29.3 Å². The normalized spacial score (nSPS) is 17.3. The molecule has 41 heavy (non-hydrogen) atoms. The number of nitrogens with one attached hydrogen (secondary N) is 1. The molecular weight excluding hydrogens is 535 g/mol. The van der Waals surface area contributed by atoms with Crippen LogP contribution in [-0.4, -0.2) is 38.2 Å². The Hall–Kier alpha value is -4.28. The molecule has 0 spiro atoms. The minimum Gasteiger partial charge on any atom is -0.352 e. The van der Waals surface area contributed by atoms with Crippen LogP contribution in [0, 0.1) is 5.92 Å². The fourth-order valence-corrected chi connectivity index (χ4v) is 5.17. The van der Waals surface area contributed by atoms with Crippen molar-refractivity contribution >= 4 is 11.7 Å². The fraction of sp³-hybridized carbons (Fsp3) is 0.367. The maximum Gasteiger partial charge on any atom is 0.435 e. The quantitative estimate of drug-likeness (QED) is 0.240. The van der Waals surface area contributed by atoms with E-state index in [-0.39, 0.29) is 30.6 Å². The number of carbonyl (C=O) groups is 2. The van der Waals surface area contributed by atoms with Crippen molar-refractivity contribution in [3.63, 3.8) is 0 Å². The van der Waals surface area contributed by atoms with Gasteiger partial charge in [0.25, 0.3) is 5.91 Å². The van der Waals surface area contributed by atoms with Crippen molar-refractivity contribution in [2.45, 2.75) is 57.0 Å². The summed E-state index contributed by atoms with van der Waals surface area (Å²) in [6.45, 7) is 0.0832. The Morgan fingerprint density at radius 2 is 1.66 bits per heavy atom. The molecule has 1 aliphatic carbocycles. The third kappa shape index (κ3) is 7.08. The molecule has 214 valence electrons. The van der Waals surface area contributed by atoms with Crippen molar-refractivity contribution in [2.24, 2.45) is 5.92 Å². The lowest BCUT2D eigenvalue weighted by atomic mass is 9.79. The molecule has 1 saturated carbocycles. The third-order valence-electron chi connectivity index (χ3n) is 7.35. The molecule has 2 heterocycles. The number of amides is 1. The maximum absolute atomic E-state index is 13.5. The number of nitrogens with zero attached hydrogens (tertiary/aromatic N) is 4. The van der Waals surface area contributed by atoms with Crippen molar-refractivity contribution in [1.29, 1.82) is 0 Å². The highest BCUT2D eigenvalue weighted by Crippen LogP contribution is 2.36. The van der Waals surface area contributed by atoms with E-state index in [4.69, 9.17) is 4.52 Å². The average molecular weight is 566 g/mol. The molecule has 2 aromatic heterocycles. The predicted octanol–water partition coefficient (Wildman–Crippen LogP) is 5.92. The average Bonchev–Trinajstić information content (AvgIpc) is 3.64.